The number of nitrogens with zero attached hydrogens (tertiary/aromatic N) is 4. The van der Waals surface area contributed by atoms with Gasteiger partial charge in [-0.15, -0.1) is 0 Å². The number of benzene rings is 1. The molecule has 1 aromatic carbocycles. The fourth-order valence-corrected chi connectivity index (χ4v) is 3.96. The summed E-state index contributed by atoms with van der Waals surface area (Å²) in [5, 5.41) is 4.51. The second-order valence-electron chi connectivity index (χ2n) is 8.23. The van der Waals surface area contributed by atoms with Crippen LogP contribution in [0.15, 0.2) is 24.5 Å². The molecule has 7 nitrogen and oxygen atoms in total. The van der Waals surface area contributed by atoms with E-state index in [1.54, 1.807) is 21.0 Å². The van der Waals surface area contributed by atoms with E-state index in [-0.39, 0.29) is 24.5 Å². The van der Waals surface area contributed by atoms with Gasteiger partial charge in [-0.05, 0) is 44.7 Å². The van der Waals surface area contributed by atoms with Crippen molar-refractivity contribution < 1.29 is 14.3 Å². The Balaban J connectivity index is 1.77. The lowest BCUT2D eigenvalue weighted by Crippen LogP contribution is -2.41. The van der Waals surface area contributed by atoms with Gasteiger partial charge >= 0.3 is 0 Å². The van der Waals surface area contributed by atoms with Crippen molar-refractivity contribution >= 4 is 17.5 Å². The first-order chi connectivity index (χ1) is 13.9. The molecule has 2 aliphatic rings. The predicted molar refractivity (Wildman–Crippen MR) is 111 cm³/mol. The highest BCUT2D eigenvalue weighted by atomic mass is 16.5. The van der Waals surface area contributed by atoms with Gasteiger partial charge in [0.25, 0.3) is 5.91 Å². The standard InChI is InChI=1S/C22H28N4O3/c1-14-5-8-19-20(26(14)15(2)27)10-9-18(22(19)29-13-21(28)24(3)4)16-11-23-25(12-16)17-6-7-17/h9-12,14,17H,5-8,13H2,1-4H3/t14-/m0/s1. The third-order valence-corrected chi connectivity index (χ3v) is 5.76. The molecule has 1 aliphatic carbocycles. The first-order valence-electron chi connectivity index (χ1n) is 10.2. The van der Waals surface area contributed by atoms with Crippen molar-refractivity contribution in [3.8, 4) is 16.9 Å². The number of amides is 2. The smallest absolute Gasteiger partial charge is 0.259 e. The van der Waals surface area contributed by atoms with Gasteiger partial charge < -0.3 is 14.5 Å². The summed E-state index contributed by atoms with van der Waals surface area (Å²) in [5.41, 5.74) is 3.75. The van der Waals surface area contributed by atoms with Crippen molar-refractivity contribution in [3.05, 3.63) is 30.1 Å². The maximum absolute atomic E-state index is 12.3. The summed E-state index contributed by atoms with van der Waals surface area (Å²) in [7, 11) is 3.43. The number of hydrogen-bond acceptors (Lipinski definition) is 4. The molecule has 1 saturated carbocycles. The lowest BCUT2D eigenvalue weighted by molar-refractivity contribution is -0.130. The van der Waals surface area contributed by atoms with E-state index in [0.717, 1.165) is 48.1 Å². The summed E-state index contributed by atoms with van der Waals surface area (Å²) in [6.45, 7) is 3.62. The second-order valence-corrected chi connectivity index (χ2v) is 8.23. The van der Waals surface area contributed by atoms with Crippen LogP contribution in [0.2, 0.25) is 0 Å². The maximum atomic E-state index is 12.3. The van der Waals surface area contributed by atoms with Gasteiger partial charge in [0, 0.05) is 49.9 Å². The molecule has 29 heavy (non-hydrogen) atoms. The van der Waals surface area contributed by atoms with Crippen molar-refractivity contribution in [2.75, 3.05) is 25.6 Å². The minimum atomic E-state index is -0.102. The minimum absolute atomic E-state index is 0.0167. The number of likely N-dealkylation sites (N-methyl/N-ethyl adjacent to an activating group) is 1. The molecule has 0 radical (unpaired) electrons. The Morgan fingerprint density at radius 2 is 2.00 bits per heavy atom. The molecule has 0 spiro atoms. The van der Waals surface area contributed by atoms with Gasteiger partial charge in [0.2, 0.25) is 5.91 Å². The molecule has 2 aromatic rings. The van der Waals surface area contributed by atoms with Crippen LogP contribution in [0.1, 0.15) is 44.7 Å². The summed E-state index contributed by atoms with van der Waals surface area (Å²) >= 11 is 0. The Hall–Kier alpha value is -2.83. The first-order valence-corrected chi connectivity index (χ1v) is 10.2. The molecule has 1 fully saturated rings. The van der Waals surface area contributed by atoms with Gasteiger partial charge in [-0.1, -0.05) is 0 Å². The summed E-state index contributed by atoms with van der Waals surface area (Å²) in [6.07, 6.45) is 7.89. The van der Waals surface area contributed by atoms with E-state index in [1.807, 2.05) is 34.1 Å². The van der Waals surface area contributed by atoms with Crippen LogP contribution in [0.4, 0.5) is 5.69 Å². The summed E-state index contributed by atoms with van der Waals surface area (Å²) in [6, 6.07) is 4.61. The zero-order valence-corrected chi connectivity index (χ0v) is 17.5. The fraction of sp³-hybridized carbons (Fsp3) is 0.500. The van der Waals surface area contributed by atoms with E-state index in [9.17, 15) is 9.59 Å². The molecule has 1 aliphatic heterocycles. The number of carbonyl (C=O) groups is 2. The lowest BCUT2D eigenvalue weighted by atomic mass is 9.92. The van der Waals surface area contributed by atoms with E-state index in [1.165, 1.54) is 4.90 Å². The molecule has 2 heterocycles. The number of hydrogen-bond donors (Lipinski definition) is 0. The normalized spacial score (nSPS) is 18.3. The van der Waals surface area contributed by atoms with Crippen LogP contribution in [0.3, 0.4) is 0 Å². The molecule has 4 rings (SSSR count). The molecule has 2 amide bonds. The van der Waals surface area contributed by atoms with Gasteiger partial charge in [-0.3, -0.25) is 14.3 Å². The van der Waals surface area contributed by atoms with Crippen molar-refractivity contribution in [2.45, 2.75) is 51.6 Å². The number of anilines is 1. The topological polar surface area (TPSA) is 67.7 Å². The molecule has 154 valence electrons. The highest BCUT2D eigenvalue weighted by molar-refractivity contribution is 5.95. The van der Waals surface area contributed by atoms with E-state index >= 15 is 0 Å². The van der Waals surface area contributed by atoms with Gasteiger partial charge in [0.15, 0.2) is 6.61 Å². The quantitative estimate of drug-likeness (QED) is 0.779. The third kappa shape index (κ3) is 3.73. The molecular formula is C22H28N4O3. The number of aromatic nitrogens is 2. The molecule has 0 saturated heterocycles. The zero-order valence-electron chi connectivity index (χ0n) is 17.5. The molecule has 1 atom stereocenters. The van der Waals surface area contributed by atoms with Gasteiger partial charge in [0.1, 0.15) is 5.75 Å². The van der Waals surface area contributed by atoms with Crippen LogP contribution in [0.5, 0.6) is 5.75 Å². The van der Waals surface area contributed by atoms with Crippen molar-refractivity contribution in [1.29, 1.82) is 0 Å². The van der Waals surface area contributed by atoms with Gasteiger partial charge in [0.05, 0.1) is 17.9 Å². The largest absolute Gasteiger partial charge is 0.483 e. The van der Waals surface area contributed by atoms with E-state index in [4.69, 9.17) is 4.74 Å². The fourth-order valence-electron chi connectivity index (χ4n) is 3.96. The molecule has 0 N–H and O–H groups in total. The second kappa shape index (κ2) is 7.54. The van der Waals surface area contributed by atoms with Crippen molar-refractivity contribution in [2.24, 2.45) is 0 Å². The van der Waals surface area contributed by atoms with Gasteiger partial charge in [-0.25, -0.2) is 0 Å². The Morgan fingerprint density at radius 1 is 1.24 bits per heavy atom. The monoisotopic (exact) mass is 396 g/mol. The Morgan fingerprint density at radius 3 is 2.66 bits per heavy atom. The van der Waals surface area contributed by atoms with Crippen molar-refractivity contribution in [3.63, 3.8) is 0 Å². The lowest BCUT2D eigenvalue weighted by Gasteiger charge is -2.36. The summed E-state index contributed by atoms with van der Waals surface area (Å²) in [5.74, 6) is 0.601. The van der Waals surface area contributed by atoms with E-state index in [2.05, 4.69) is 12.0 Å². The highest BCUT2D eigenvalue weighted by Crippen LogP contribution is 2.43. The molecule has 1 aromatic heterocycles. The summed E-state index contributed by atoms with van der Waals surface area (Å²) in [4.78, 5) is 27.8. The average molecular weight is 396 g/mol. The highest BCUT2D eigenvalue weighted by Gasteiger charge is 2.31. The van der Waals surface area contributed by atoms with Crippen LogP contribution >= 0.6 is 0 Å². The van der Waals surface area contributed by atoms with Crippen LogP contribution in [-0.4, -0.2) is 53.2 Å². The molecular weight excluding hydrogens is 368 g/mol. The number of fused-ring (bicyclic) bond motifs is 1. The Labute approximate surface area is 171 Å². The minimum Gasteiger partial charge on any atom is -0.483 e. The molecule has 0 unspecified atom stereocenters. The molecule has 7 heteroatoms. The van der Waals surface area contributed by atoms with E-state index in [0.29, 0.717) is 11.8 Å². The van der Waals surface area contributed by atoms with Crippen LogP contribution in [-0.2, 0) is 16.0 Å². The number of carbonyl (C=O) groups excluding carboxylic acids is 2. The third-order valence-electron chi connectivity index (χ3n) is 5.76. The summed E-state index contributed by atoms with van der Waals surface area (Å²) < 4.78 is 8.10. The van der Waals surface area contributed by atoms with Crippen molar-refractivity contribution in [1.82, 2.24) is 14.7 Å². The zero-order chi connectivity index (χ0) is 20.7. The average Bonchev–Trinajstić information content (AvgIpc) is 3.42. The maximum Gasteiger partial charge on any atom is 0.259 e. The SMILES string of the molecule is CC(=O)N1c2ccc(-c3cnn(C4CC4)c3)c(OCC(=O)N(C)C)c2CC[C@@H]1C. The number of rotatable bonds is 5. The van der Waals surface area contributed by atoms with E-state index < -0.39 is 0 Å². The van der Waals surface area contributed by atoms with Crippen LogP contribution < -0.4 is 9.64 Å². The van der Waals surface area contributed by atoms with Gasteiger partial charge in [-0.2, -0.15) is 5.10 Å². The Kier molecular flexibility index (Phi) is 5.06. The van der Waals surface area contributed by atoms with Crippen LogP contribution in [0, 0.1) is 0 Å². The Bertz CT molecular complexity index is 946. The number of ether oxygens (including phenoxy) is 1. The molecule has 0 bridgehead atoms. The first kappa shape index (κ1) is 19.5. The van der Waals surface area contributed by atoms with Crippen LogP contribution in [0.25, 0.3) is 11.1 Å². The predicted octanol–water partition coefficient (Wildman–Crippen LogP) is 3.04.